The lowest BCUT2D eigenvalue weighted by Crippen LogP contribution is -2.25. The van der Waals surface area contributed by atoms with Crippen molar-refractivity contribution in [3.8, 4) is 5.75 Å². The van der Waals surface area contributed by atoms with E-state index in [1.165, 1.54) is 17.5 Å². The molecule has 0 saturated carbocycles. The molecular formula is C14H20O2. The summed E-state index contributed by atoms with van der Waals surface area (Å²) in [5, 5.41) is 19.3. The van der Waals surface area contributed by atoms with E-state index in [0.717, 1.165) is 24.8 Å². The first-order valence-electron chi connectivity index (χ1n) is 6.01. The van der Waals surface area contributed by atoms with Crippen molar-refractivity contribution in [2.75, 3.05) is 6.61 Å². The number of aliphatic hydroxyl groups is 1. The summed E-state index contributed by atoms with van der Waals surface area (Å²) >= 11 is 0. The first-order chi connectivity index (χ1) is 7.56. The van der Waals surface area contributed by atoms with E-state index in [4.69, 9.17) is 0 Å². The lowest BCUT2D eigenvalue weighted by atomic mass is 9.77. The van der Waals surface area contributed by atoms with Gasteiger partial charge in [0.05, 0.1) is 6.61 Å². The minimum atomic E-state index is -0.213. The zero-order valence-electron chi connectivity index (χ0n) is 10.1. The van der Waals surface area contributed by atoms with Crippen LogP contribution in [0, 0.1) is 0 Å². The zero-order valence-corrected chi connectivity index (χ0v) is 10.1. The molecule has 1 aromatic carbocycles. The maximum atomic E-state index is 9.86. The predicted molar refractivity (Wildman–Crippen MR) is 64.9 cm³/mol. The molecule has 0 atom stereocenters. The van der Waals surface area contributed by atoms with E-state index in [-0.39, 0.29) is 12.0 Å². The van der Waals surface area contributed by atoms with E-state index in [0.29, 0.717) is 5.75 Å². The van der Waals surface area contributed by atoms with E-state index in [9.17, 15) is 10.2 Å². The van der Waals surface area contributed by atoms with Gasteiger partial charge in [0, 0.05) is 5.41 Å². The van der Waals surface area contributed by atoms with Crippen LogP contribution in [0.2, 0.25) is 0 Å². The quantitative estimate of drug-likeness (QED) is 0.804. The van der Waals surface area contributed by atoms with Crippen LogP contribution < -0.4 is 0 Å². The van der Waals surface area contributed by atoms with Crippen LogP contribution in [0.25, 0.3) is 0 Å². The Morgan fingerprint density at radius 2 is 1.75 bits per heavy atom. The van der Waals surface area contributed by atoms with E-state index in [1.54, 1.807) is 6.07 Å². The van der Waals surface area contributed by atoms with Crippen LogP contribution in [-0.4, -0.2) is 16.8 Å². The standard InChI is InChI=1S/C14H20O2/c1-14(2,9-15)12-7-8-13(16)11-6-4-3-5-10(11)12/h7-8,15-16H,3-6,9H2,1-2H3. The highest BCUT2D eigenvalue weighted by Crippen LogP contribution is 2.36. The Kier molecular flexibility index (Phi) is 2.94. The van der Waals surface area contributed by atoms with Gasteiger partial charge in [-0.25, -0.2) is 0 Å². The molecule has 0 saturated heterocycles. The molecular weight excluding hydrogens is 200 g/mol. The van der Waals surface area contributed by atoms with Gasteiger partial charge in [-0.2, -0.15) is 0 Å². The first kappa shape index (κ1) is 11.5. The predicted octanol–water partition coefficient (Wildman–Crippen LogP) is 2.54. The Morgan fingerprint density at radius 3 is 2.38 bits per heavy atom. The summed E-state index contributed by atoms with van der Waals surface area (Å²) in [5.74, 6) is 0.423. The number of phenolic OH excluding ortho intramolecular Hbond substituents is 1. The molecule has 16 heavy (non-hydrogen) atoms. The third kappa shape index (κ3) is 1.82. The van der Waals surface area contributed by atoms with Gasteiger partial charge >= 0.3 is 0 Å². The van der Waals surface area contributed by atoms with E-state index in [2.05, 4.69) is 0 Å². The van der Waals surface area contributed by atoms with Gasteiger partial charge in [0.2, 0.25) is 0 Å². The minimum Gasteiger partial charge on any atom is -0.508 e. The summed E-state index contributed by atoms with van der Waals surface area (Å²) in [6.45, 7) is 4.24. The summed E-state index contributed by atoms with van der Waals surface area (Å²) in [7, 11) is 0. The van der Waals surface area contributed by atoms with Crippen LogP contribution in [0.3, 0.4) is 0 Å². The highest BCUT2D eigenvalue weighted by molar-refractivity contribution is 5.48. The van der Waals surface area contributed by atoms with E-state index >= 15 is 0 Å². The number of phenols is 1. The summed E-state index contributed by atoms with van der Waals surface area (Å²) in [6, 6.07) is 3.74. The molecule has 1 aromatic rings. The molecule has 0 fully saturated rings. The molecule has 1 aliphatic rings. The third-order valence-corrected chi connectivity index (χ3v) is 3.63. The van der Waals surface area contributed by atoms with Crippen molar-refractivity contribution in [3.05, 3.63) is 28.8 Å². The lowest BCUT2D eigenvalue weighted by molar-refractivity contribution is 0.217. The number of hydrogen-bond acceptors (Lipinski definition) is 2. The second-order valence-electron chi connectivity index (χ2n) is 5.34. The van der Waals surface area contributed by atoms with Crippen LogP contribution >= 0.6 is 0 Å². The summed E-state index contributed by atoms with van der Waals surface area (Å²) in [5.41, 5.74) is 3.35. The summed E-state index contributed by atoms with van der Waals surface area (Å²) in [6.07, 6.45) is 4.34. The largest absolute Gasteiger partial charge is 0.508 e. The maximum Gasteiger partial charge on any atom is 0.119 e. The lowest BCUT2D eigenvalue weighted by Gasteiger charge is -2.29. The molecule has 88 valence electrons. The topological polar surface area (TPSA) is 40.5 Å². The van der Waals surface area contributed by atoms with Gasteiger partial charge in [-0.05, 0) is 48.4 Å². The molecule has 0 radical (unpaired) electrons. The SMILES string of the molecule is CC(C)(CO)c1ccc(O)c2c1CCCC2. The fraction of sp³-hybridized carbons (Fsp3) is 0.571. The van der Waals surface area contributed by atoms with Crippen molar-refractivity contribution < 1.29 is 10.2 Å². The molecule has 1 aliphatic carbocycles. The number of aromatic hydroxyl groups is 1. The highest BCUT2D eigenvalue weighted by Gasteiger charge is 2.26. The number of hydrogen-bond donors (Lipinski definition) is 2. The van der Waals surface area contributed by atoms with Crippen molar-refractivity contribution in [2.45, 2.75) is 44.9 Å². The van der Waals surface area contributed by atoms with Crippen LogP contribution in [0.5, 0.6) is 5.75 Å². The average molecular weight is 220 g/mol. The fourth-order valence-electron chi connectivity index (χ4n) is 2.57. The van der Waals surface area contributed by atoms with Crippen molar-refractivity contribution in [1.82, 2.24) is 0 Å². The fourth-order valence-corrected chi connectivity index (χ4v) is 2.57. The van der Waals surface area contributed by atoms with Gasteiger partial charge in [0.25, 0.3) is 0 Å². The molecule has 0 aromatic heterocycles. The normalized spacial score (nSPS) is 15.9. The zero-order chi connectivity index (χ0) is 11.8. The van der Waals surface area contributed by atoms with Gasteiger partial charge in [-0.1, -0.05) is 19.9 Å². The number of aliphatic hydroxyl groups excluding tert-OH is 1. The van der Waals surface area contributed by atoms with Crippen molar-refractivity contribution >= 4 is 0 Å². The Bertz CT molecular complexity index is 394. The molecule has 2 nitrogen and oxygen atoms in total. The van der Waals surface area contributed by atoms with Gasteiger partial charge in [-0.3, -0.25) is 0 Å². The first-order valence-corrected chi connectivity index (χ1v) is 6.01. The van der Waals surface area contributed by atoms with E-state index < -0.39 is 0 Å². The third-order valence-electron chi connectivity index (χ3n) is 3.63. The average Bonchev–Trinajstić information content (AvgIpc) is 2.29. The van der Waals surface area contributed by atoms with Crippen molar-refractivity contribution in [2.24, 2.45) is 0 Å². The monoisotopic (exact) mass is 220 g/mol. The number of fused-ring (bicyclic) bond motifs is 1. The Hall–Kier alpha value is -1.02. The molecule has 0 aliphatic heterocycles. The summed E-state index contributed by atoms with van der Waals surface area (Å²) in [4.78, 5) is 0. The Balaban J connectivity index is 2.55. The van der Waals surface area contributed by atoms with Crippen LogP contribution in [0.1, 0.15) is 43.4 Å². The highest BCUT2D eigenvalue weighted by atomic mass is 16.3. The Morgan fingerprint density at radius 1 is 1.12 bits per heavy atom. The molecule has 0 amide bonds. The van der Waals surface area contributed by atoms with Crippen molar-refractivity contribution in [3.63, 3.8) is 0 Å². The molecule has 0 spiro atoms. The second kappa shape index (κ2) is 4.10. The minimum absolute atomic E-state index is 0.143. The number of rotatable bonds is 2. The molecule has 2 rings (SSSR count). The molecule has 0 unspecified atom stereocenters. The van der Waals surface area contributed by atoms with Crippen LogP contribution in [0.4, 0.5) is 0 Å². The smallest absolute Gasteiger partial charge is 0.119 e. The molecule has 0 heterocycles. The van der Waals surface area contributed by atoms with E-state index in [1.807, 2.05) is 19.9 Å². The van der Waals surface area contributed by atoms with Gasteiger partial charge < -0.3 is 10.2 Å². The number of benzene rings is 1. The molecule has 0 bridgehead atoms. The van der Waals surface area contributed by atoms with Crippen LogP contribution in [0.15, 0.2) is 12.1 Å². The van der Waals surface area contributed by atoms with Crippen molar-refractivity contribution in [1.29, 1.82) is 0 Å². The Labute approximate surface area is 96.9 Å². The molecule has 2 heteroatoms. The van der Waals surface area contributed by atoms with Gasteiger partial charge in [0.15, 0.2) is 0 Å². The van der Waals surface area contributed by atoms with Gasteiger partial charge in [-0.15, -0.1) is 0 Å². The van der Waals surface area contributed by atoms with Gasteiger partial charge in [0.1, 0.15) is 5.75 Å². The summed E-state index contributed by atoms with van der Waals surface area (Å²) < 4.78 is 0. The maximum absolute atomic E-state index is 9.86. The van der Waals surface area contributed by atoms with Crippen LogP contribution in [-0.2, 0) is 18.3 Å². The second-order valence-corrected chi connectivity index (χ2v) is 5.34. The molecule has 2 N–H and O–H groups in total.